The molecule has 1 aromatic rings. The average molecular weight is 272 g/mol. The summed E-state index contributed by atoms with van der Waals surface area (Å²) in [6.07, 6.45) is 6.62. The first kappa shape index (κ1) is 13.7. The van der Waals surface area contributed by atoms with Gasteiger partial charge in [-0.1, -0.05) is 19.4 Å². The standard InChI is InChI=1S/C18H24O2/c1-4-8-17-10-18(11-17,12-17)15-9-14(7-6-13(15)3)16(19)20-5-2/h6-7,9H,4-5,8,10-12H2,1-3H3. The zero-order valence-corrected chi connectivity index (χ0v) is 12.8. The van der Waals surface area contributed by atoms with E-state index in [1.165, 1.54) is 43.2 Å². The Kier molecular flexibility index (Phi) is 3.15. The lowest BCUT2D eigenvalue weighted by atomic mass is 9.32. The van der Waals surface area contributed by atoms with E-state index in [1.54, 1.807) is 0 Å². The van der Waals surface area contributed by atoms with Crippen molar-refractivity contribution in [1.29, 1.82) is 0 Å². The topological polar surface area (TPSA) is 26.3 Å². The van der Waals surface area contributed by atoms with Crippen molar-refractivity contribution in [3.63, 3.8) is 0 Å². The van der Waals surface area contributed by atoms with Gasteiger partial charge >= 0.3 is 5.97 Å². The predicted octanol–water partition coefficient (Wildman–Crippen LogP) is 4.39. The normalized spacial score (nSPS) is 30.4. The summed E-state index contributed by atoms with van der Waals surface area (Å²) in [6, 6.07) is 6.06. The molecule has 3 saturated carbocycles. The second kappa shape index (κ2) is 4.61. The minimum absolute atomic E-state index is 0.191. The maximum absolute atomic E-state index is 11.9. The molecule has 0 radical (unpaired) electrons. The third-order valence-electron chi connectivity index (χ3n) is 5.24. The molecule has 0 aliphatic heterocycles. The van der Waals surface area contributed by atoms with Gasteiger partial charge in [0.25, 0.3) is 0 Å². The Bertz CT molecular complexity index is 525. The van der Waals surface area contributed by atoms with Crippen molar-refractivity contribution in [1.82, 2.24) is 0 Å². The number of hydrogen-bond acceptors (Lipinski definition) is 2. The largest absolute Gasteiger partial charge is 0.462 e. The van der Waals surface area contributed by atoms with E-state index < -0.39 is 0 Å². The number of hydrogen-bond donors (Lipinski definition) is 0. The summed E-state index contributed by atoms with van der Waals surface area (Å²) < 4.78 is 5.12. The minimum atomic E-state index is -0.191. The third-order valence-corrected chi connectivity index (χ3v) is 5.24. The molecule has 1 aromatic carbocycles. The Morgan fingerprint density at radius 3 is 2.55 bits per heavy atom. The van der Waals surface area contributed by atoms with Crippen LogP contribution in [0, 0.1) is 12.3 Å². The van der Waals surface area contributed by atoms with Crippen LogP contribution in [0.25, 0.3) is 0 Å². The smallest absolute Gasteiger partial charge is 0.338 e. The fourth-order valence-corrected chi connectivity index (χ4v) is 4.61. The fourth-order valence-electron chi connectivity index (χ4n) is 4.61. The van der Waals surface area contributed by atoms with Gasteiger partial charge in [-0.25, -0.2) is 4.79 Å². The molecule has 0 heterocycles. The number of benzene rings is 1. The van der Waals surface area contributed by atoms with E-state index in [9.17, 15) is 4.79 Å². The number of aryl methyl sites for hydroxylation is 1. The molecular weight excluding hydrogens is 248 g/mol. The number of rotatable bonds is 5. The van der Waals surface area contributed by atoms with Crippen molar-refractivity contribution in [2.45, 2.75) is 58.3 Å². The number of esters is 1. The molecule has 0 N–H and O–H groups in total. The quantitative estimate of drug-likeness (QED) is 0.743. The Morgan fingerprint density at radius 1 is 1.25 bits per heavy atom. The second-order valence-corrected chi connectivity index (χ2v) is 6.81. The van der Waals surface area contributed by atoms with Gasteiger partial charge in [-0.05, 0) is 73.6 Å². The molecule has 0 amide bonds. The van der Waals surface area contributed by atoms with E-state index in [0.29, 0.717) is 23.0 Å². The Hall–Kier alpha value is -1.31. The van der Waals surface area contributed by atoms with E-state index >= 15 is 0 Å². The van der Waals surface area contributed by atoms with Gasteiger partial charge in [0.05, 0.1) is 12.2 Å². The summed E-state index contributed by atoms with van der Waals surface area (Å²) in [7, 11) is 0. The SMILES string of the molecule is CCCC12CC(c3cc(C(=O)OCC)ccc3C)(C1)C2. The molecule has 3 aliphatic carbocycles. The Balaban J connectivity index is 1.82. The van der Waals surface area contributed by atoms with Gasteiger partial charge in [0.1, 0.15) is 0 Å². The van der Waals surface area contributed by atoms with Gasteiger partial charge in [-0.2, -0.15) is 0 Å². The van der Waals surface area contributed by atoms with Crippen molar-refractivity contribution in [3.8, 4) is 0 Å². The van der Waals surface area contributed by atoms with Gasteiger partial charge < -0.3 is 4.74 Å². The third kappa shape index (κ3) is 1.88. The van der Waals surface area contributed by atoms with Crippen LogP contribution < -0.4 is 0 Å². The zero-order valence-electron chi connectivity index (χ0n) is 12.8. The summed E-state index contributed by atoms with van der Waals surface area (Å²) in [5.74, 6) is -0.191. The minimum Gasteiger partial charge on any atom is -0.462 e. The molecule has 0 saturated heterocycles. The maximum atomic E-state index is 11.9. The van der Waals surface area contributed by atoms with Crippen LogP contribution in [0.3, 0.4) is 0 Å². The van der Waals surface area contributed by atoms with Crippen molar-refractivity contribution >= 4 is 5.97 Å². The highest BCUT2D eigenvalue weighted by atomic mass is 16.5. The van der Waals surface area contributed by atoms with E-state index in [4.69, 9.17) is 4.74 Å². The molecular formula is C18H24O2. The highest BCUT2D eigenvalue weighted by Crippen LogP contribution is 2.75. The second-order valence-electron chi connectivity index (χ2n) is 6.81. The molecule has 0 unspecified atom stereocenters. The molecule has 0 spiro atoms. The summed E-state index contributed by atoms with van der Waals surface area (Å²) in [6.45, 7) is 6.73. The summed E-state index contributed by atoms with van der Waals surface area (Å²) in [4.78, 5) is 11.9. The van der Waals surface area contributed by atoms with Crippen molar-refractivity contribution in [2.24, 2.45) is 5.41 Å². The molecule has 2 nitrogen and oxygen atoms in total. The van der Waals surface area contributed by atoms with Crippen LogP contribution in [0.5, 0.6) is 0 Å². The lowest BCUT2D eigenvalue weighted by molar-refractivity contribution is -0.146. The zero-order chi connectivity index (χ0) is 14.4. The van der Waals surface area contributed by atoms with Crippen LogP contribution in [0.4, 0.5) is 0 Å². The lowest BCUT2D eigenvalue weighted by Crippen LogP contribution is -2.64. The van der Waals surface area contributed by atoms with Gasteiger partial charge in [0.15, 0.2) is 0 Å². The fraction of sp³-hybridized carbons (Fsp3) is 0.611. The summed E-state index contributed by atoms with van der Waals surface area (Å²) >= 11 is 0. The van der Waals surface area contributed by atoms with Crippen LogP contribution >= 0.6 is 0 Å². The molecule has 108 valence electrons. The first-order chi connectivity index (χ1) is 9.54. The van der Waals surface area contributed by atoms with Crippen molar-refractivity contribution in [3.05, 3.63) is 34.9 Å². The molecule has 2 heteroatoms. The Labute approximate surface area is 121 Å². The number of carbonyl (C=O) groups is 1. The molecule has 20 heavy (non-hydrogen) atoms. The van der Waals surface area contributed by atoms with E-state index in [-0.39, 0.29) is 5.97 Å². The van der Waals surface area contributed by atoms with E-state index in [1.807, 2.05) is 13.0 Å². The first-order valence-electron chi connectivity index (χ1n) is 7.82. The molecule has 4 rings (SSSR count). The predicted molar refractivity (Wildman–Crippen MR) is 80.0 cm³/mol. The average Bonchev–Trinajstić information content (AvgIpc) is 2.33. The van der Waals surface area contributed by atoms with Crippen molar-refractivity contribution in [2.75, 3.05) is 6.61 Å². The molecule has 3 aliphatic rings. The van der Waals surface area contributed by atoms with Crippen LogP contribution in [-0.2, 0) is 10.2 Å². The van der Waals surface area contributed by atoms with E-state index in [0.717, 1.165) is 0 Å². The van der Waals surface area contributed by atoms with Crippen LogP contribution in [-0.4, -0.2) is 12.6 Å². The number of ether oxygens (including phenoxy) is 1. The number of carbonyl (C=O) groups excluding carboxylic acids is 1. The van der Waals surface area contributed by atoms with Crippen LogP contribution in [0.1, 0.15) is 67.4 Å². The lowest BCUT2D eigenvalue weighted by Gasteiger charge is -2.72. The van der Waals surface area contributed by atoms with Crippen LogP contribution in [0.15, 0.2) is 18.2 Å². The van der Waals surface area contributed by atoms with Gasteiger partial charge in [-0.15, -0.1) is 0 Å². The summed E-state index contributed by atoms with van der Waals surface area (Å²) in [5.41, 5.74) is 4.44. The monoisotopic (exact) mass is 272 g/mol. The van der Waals surface area contributed by atoms with Crippen LogP contribution in [0.2, 0.25) is 0 Å². The highest BCUT2D eigenvalue weighted by molar-refractivity contribution is 5.89. The Morgan fingerprint density at radius 2 is 1.95 bits per heavy atom. The van der Waals surface area contributed by atoms with E-state index in [2.05, 4.69) is 26.0 Å². The van der Waals surface area contributed by atoms with Gasteiger partial charge in [-0.3, -0.25) is 0 Å². The highest BCUT2D eigenvalue weighted by Gasteiger charge is 2.67. The maximum Gasteiger partial charge on any atom is 0.338 e. The summed E-state index contributed by atoms with van der Waals surface area (Å²) in [5, 5.41) is 0. The van der Waals surface area contributed by atoms with Gasteiger partial charge in [0.2, 0.25) is 0 Å². The molecule has 0 atom stereocenters. The van der Waals surface area contributed by atoms with Crippen molar-refractivity contribution < 1.29 is 9.53 Å². The first-order valence-corrected chi connectivity index (χ1v) is 7.82. The molecule has 2 bridgehead atoms. The molecule has 3 fully saturated rings. The van der Waals surface area contributed by atoms with Gasteiger partial charge in [0, 0.05) is 0 Å². The molecule has 0 aromatic heterocycles.